The van der Waals surface area contributed by atoms with Gasteiger partial charge in [0.15, 0.2) is 5.65 Å². The van der Waals surface area contributed by atoms with E-state index < -0.39 is 0 Å². The van der Waals surface area contributed by atoms with Crippen molar-refractivity contribution in [2.45, 2.75) is 17.9 Å². The molecule has 2 amide bonds. The summed E-state index contributed by atoms with van der Waals surface area (Å²) in [5.41, 5.74) is 1.83. The van der Waals surface area contributed by atoms with Gasteiger partial charge in [-0.3, -0.25) is 19.2 Å². The molecule has 1 aromatic carbocycles. The Morgan fingerprint density at radius 2 is 1.77 bits per heavy atom. The van der Waals surface area contributed by atoms with Crippen LogP contribution in [0.2, 0.25) is 0 Å². The maximum Gasteiger partial charge on any atom is 0.261 e. The largest absolute Gasteiger partial charge is 0.274 e. The Kier molecular flexibility index (Phi) is 4.42. The smallest absolute Gasteiger partial charge is 0.261 e. The summed E-state index contributed by atoms with van der Waals surface area (Å²) in [5.74, 6) is 0.474. The summed E-state index contributed by atoms with van der Waals surface area (Å²) in [7, 11) is 1.85. The van der Waals surface area contributed by atoms with E-state index >= 15 is 0 Å². The number of unbranched alkanes of at least 4 members (excludes halogenated alkanes) is 1. The quantitative estimate of drug-likeness (QED) is 0.288. The van der Waals surface area contributed by atoms with E-state index in [2.05, 4.69) is 15.1 Å². The van der Waals surface area contributed by atoms with E-state index in [0.29, 0.717) is 17.7 Å². The fraction of sp³-hybridized carbons (Fsp3) is 0.278. The van der Waals surface area contributed by atoms with Crippen molar-refractivity contribution in [3.8, 4) is 0 Å². The summed E-state index contributed by atoms with van der Waals surface area (Å²) >= 11 is 1.64. The van der Waals surface area contributed by atoms with Crippen molar-refractivity contribution in [3.05, 3.63) is 47.9 Å². The molecular formula is C18H17N5O2S. The lowest BCUT2D eigenvalue weighted by atomic mass is 10.1. The number of thioether (sulfide) groups is 1. The van der Waals surface area contributed by atoms with Crippen LogP contribution >= 0.6 is 11.8 Å². The average Bonchev–Trinajstić information content (AvgIpc) is 3.15. The van der Waals surface area contributed by atoms with E-state index in [1.54, 1.807) is 53.2 Å². The van der Waals surface area contributed by atoms with Crippen molar-refractivity contribution in [3.63, 3.8) is 0 Å². The average molecular weight is 367 g/mol. The van der Waals surface area contributed by atoms with Gasteiger partial charge in [0.25, 0.3) is 11.8 Å². The fourth-order valence-corrected chi connectivity index (χ4v) is 4.00. The number of fused-ring (bicyclic) bond motifs is 2. The van der Waals surface area contributed by atoms with E-state index in [1.807, 2.05) is 7.05 Å². The number of rotatable bonds is 6. The minimum absolute atomic E-state index is 0.189. The van der Waals surface area contributed by atoms with Crippen LogP contribution in [-0.2, 0) is 7.05 Å². The molecule has 0 spiro atoms. The van der Waals surface area contributed by atoms with Crippen molar-refractivity contribution >= 4 is 34.6 Å². The maximum atomic E-state index is 12.3. The minimum Gasteiger partial charge on any atom is -0.274 e. The molecule has 3 heterocycles. The van der Waals surface area contributed by atoms with Crippen LogP contribution in [0.1, 0.15) is 33.6 Å². The lowest BCUT2D eigenvalue weighted by molar-refractivity contribution is 0.0652. The molecule has 8 heteroatoms. The van der Waals surface area contributed by atoms with Crippen molar-refractivity contribution in [2.24, 2.45) is 7.05 Å². The lowest BCUT2D eigenvalue weighted by Gasteiger charge is -2.13. The van der Waals surface area contributed by atoms with Crippen LogP contribution in [0.4, 0.5) is 0 Å². The van der Waals surface area contributed by atoms with Gasteiger partial charge in [-0.1, -0.05) is 12.1 Å². The topological polar surface area (TPSA) is 81.0 Å². The molecule has 0 atom stereocenters. The molecular weight excluding hydrogens is 350 g/mol. The Labute approximate surface area is 154 Å². The van der Waals surface area contributed by atoms with Crippen LogP contribution in [0.15, 0.2) is 41.8 Å². The van der Waals surface area contributed by atoms with Gasteiger partial charge in [-0.2, -0.15) is 5.10 Å². The van der Waals surface area contributed by atoms with E-state index in [-0.39, 0.29) is 11.8 Å². The summed E-state index contributed by atoms with van der Waals surface area (Å²) in [6.45, 7) is 0.443. The summed E-state index contributed by atoms with van der Waals surface area (Å²) in [6, 6.07) is 6.98. The molecule has 0 saturated heterocycles. The molecule has 0 N–H and O–H groups in total. The number of nitrogens with zero attached hydrogens (tertiary/aromatic N) is 5. The number of carbonyl (C=O) groups is 2. The second kappa shape index (κ2) is 6.87. The number of imide groups is 1. The molecule has 0 fully saturated rings. The second-order valence-electron chi connectivity index (χ2n) is 6.05. The first-order valence-corrected chi connectivity index (χ1v) is 9.36. The Bertz CT molecular complexity index is 965. The molecule has 26 heavy (non-hydrogen) atoms. The zero-order chi connectivity index (χ0) is 18.1. The maximum absolute atomic E-state index is 12.3. The molecule has 1 aliphatic rings. The molecule has 0 bridgehead atoms. The standard InChI is InChI=1S/C18H17N5O2S/c1-22-15-14(10-21-22)16(20-11-19-15)26-9-5-4-8-23-17(24)12-6-2-3-7-13(12)18(23)25/h2-3,6-7,10-11H,4-5,8-9H2,1H3. The predicted octanol–water partition coefficient (Wildman–Crippen LogP) is 2.53. The van der Waals surface area contributed by atoms with Crippen molar-refractivity contribution < 1.29 is 9.59 Å². The molecule has 0 unspecified atom stereocenters. The second-order valence-corrected chi connectivity index (χ2v) is 7.13. The Balaban J connectivity index is 1.31. The van der Waals surface area contributed by atoms with Crippen molar-refractivity contribution in [1.29, 1.82) is 0 Å². The van der Waals surface area contributed by atoms with Gasteiger partial charge >= 0.3 is 0 Å². The van der Waals surface area contributed by atoms with Crippen molar-refractivity contribution in [2.75, 3.05) is 12.3 Å². The van der Waals surface area contributed by atoms with E-state index in [4.69, 9.17) is 0 Å². The summed E-state index contributed by atoms with van der Waals surface area (Å²) in [6.07, 6.45) is 4.96. The molecule has 3 aromatic rings. The molecule has 0 radical (unpaired) electrons. The highest BCUT2D eigenvalue weighted by Crippen LogP contribution is 2.26. The van der Waals surface area contributed by atoms with Gasteiger partial charge in [-0.05, 0) is 30.7 Å². The Morgan fingerprint density at radius 3 is 2.50 bits per heavy atom. The van der Waals surface area contributed by atoms with Gasteiger partial charge < -0.3 is 0 Å². The molecule has 0 saturated carbocycles. The van der Waals surface area contributed by atoms with Crippen molar-refractivity contribution in [1.82, 2.24) is 24.6 Å². The third kappa shape index (κ3) is 2.86. The van der Waals surface area contributed by atoms with E-state index in [1.165, 1.54) is 4.90 Å². The number of carbonyl (C=O) groups excluding carboxylic acids is 2. The number of amides is 2. The van der Waals surface area contributed by atoms with E-state index in [0.717, 1.165) is 34.7 Å². The van der Waals surface area contributed by atoms with E-state index in [9.17, 15) is 9.59 Å². The predicted molar refractivity (Wildman–Crippen MR) is 98.1 cm³/mol. The summed E-state index contributed by atoms with van der Waals surface area (Å²) in [5, 5.41) is 6.06. The number of aromatic nitrogens is 4. The van der Waals surface area contributed by atoms with Gasteiger partial charge in [0.2, 0.25) is 0 Å². The lowest BCUT2D eigenvalue weighted by Crippen LogP contribution is -2.30. The third-order valence-corrected chi connectivity index (χ3v) is 5.48. The summed E-state index contributed by atoms with van der Waals surface area (Å²) in [4.78, 5) is 34.5. The molecule has 132 valence electrons. The van der Waals surface area contributed by atoms with Gasteiger partial charge in [-0.25, -0.2) is 9.97 Å². The van der Waals surface area contributed by atoms with Crippen LogP contribution in [0.25, 0.3) is 11.0 Å². The number of hydrogen-bond donors (Lipinski definition) is 0. The Hall–Kier alpha value is -2.74. The SMILES string of the molecule is Cn1ncc2c(SCCCCN3C(=O)c4ccccc4C3=O)ncnc21. The number of hydrogen-bond acceptors (Lipinski definition) is 6. The summed E-state index contributed by atoms with van der Waals surface area (Å²) < 4.78 is 1.73. The highest BCUT2D eigenvalue weighted by molar-refractivity contribution is 7.99. The zero-order valence-electron chi connectivity index (χ0n) is 14.3. The molecule has 0 aliphatic carbocycles. The van der Waals surface area contributed by atoms with Gasteiger partial charge in [-0.15, -0.1) is 11.8 Å². The molecule has 4 rings (SSSR count). The number of benzene rings is 1. The van der Waals surface area contributed by atoms with Gasteiger partial charge in [0, 0.05) is 13.6 Å². The van der Waals surface area contributed by atoms with Crippen LogP contribution in [0.5, 0.6) is 0 Å². The molecule has 2 aromatic heterocycles. The Morgan fingerprint density at radius 1 is 1.04 bits per heavy atom. The minimum atomic E-state index is -0.189. The van der Waals surface area contributed by atoms with Crippen LogP contribution in [0, 0.1) is 0 Å². The monoisotopic (exact) mass is 367 g/mol. The normalized spacial score (nSPS) is 13.7. The molecule has 7 nitrogen and oxygen atoms in total. The van der Waals surface area contributed by atoms with Crippen LogP contribution < -0.4 is 0 Å². The van der Waals surface area contributed by atoms with Gasteiger partial charge in [0.1, 0.15) is 11.4 Å². The zero-order valence-corrected chi connectivity index (χ0v) is 15.1. The third-order valence-electron chi connectivity index (χ3n) is 4.39. The number of aryl methyl sites for hydroxylation is 1. The van der Waals surface area contributed by atoms with Crippen LogP contribution in [-0.4, -0.2) is 48.8 Å². The first-order chi connectivity index (χ1) is 12.7. The fourth-order valence-electron chi connectivity index (χ4n) is 3.04. The van der Waals surface area contributed by atoms with Crippen LogP contribution in [0.3, 0.4) is 0 Å². The molecule has 1 aliphatic heterocycles. The van der Waals surface area contributed by atoms with Gasteiger partial charge in [0.05, 0.1) is 22.7 Å². The highest BCUT2D eigenvalue weighted by atomic mass is 32.2. The first-order valence-electron chi connectivity index (χ1n) is 8.37. The first kappa shape index (κ1) is 16.7. The highest BCUT2D eigenvalue weighted by Gasteiger charge is 2.34.